The second kappa shape index (κ2) is 7.17. The average Bonchev–Trinajstić information content (AvgIpc) is 2.05. The zero-order valence-electron chi connectivity index (χ0n) is 9.90. The number of hydrogen-bond donors (Lipinski definition) is 0. The maximum absolute atomic E-state index is 4.08. The summed E-state index contributed by atoms with van der Waals surface area (Å²) in [6.45, 7) is 13.2. The highest BCUT2D eigenvalue weighted by Crippen LogP contribution is 2.26. The Balaban J connectivity index is 3.77. The highest BCUT2D eigenvalue weighted by atomic mass is 14.2. The van der Waals surface area contributed by atoms with Crippen molar-refractivity contribution in [2.24, 2.45) is 11.8 Å². The van der Waals surface area contributed by atoms with E-state index in [1.807, 2.05) is 0 Å². The van der Waals surface area contributed by atoms with Crippen LogP contribution in [0.15, 0.2) is 12.2 Å². The normalized spacial score (nSPS) is 15.4. The lowest BCUT2D eigenvalue weighted by Crippen LogP contribution is -2.11. The molecule has 0 amide bonds. The van der Waals surface area contributed by atoms with Gasteiger partial charge in [-0.3, -0.25) is 0 Å². The summed E-state index contributed by atoms with van der Waals surface area (Å²) >= 11 is 0. The van der Waals surface area contributed by atoms with Gasteiger partial charge in [-0.15, -0.1) is 0 Å². The lowest BCUT2D eigenvalue weighted by Gasteiger charge is -2.22. The molecule has 0 aliphatic carbocycles. The van der Waals surface area contributed by atoms with Crippen molar-refractivity contribution in [2.75, 3.05) is 0 Å². The van der Waals surface area contributed by atoms with E-state index in [2.05, 4.69) is 34.3 Å². The predicted octanol–water partition coefficient (Wildman–Crippen LogP) is 4.81. The Labute approximate surface area is 84.4 Å². The summed E-state index contributed by atoms with van der Waals surface area (Å²) in [5.74, 6) is 1.57. The van der Waals surface area contributed by atoms with Crippen molar-refractivity contribution in [1.29, 1.82) is 0 Å². The summed E-state index contributed by atoms with van der Waals surface area (Å²) in [6, 6.07) is 0. The third-order valence-electron chi connectivity index (χ3n) is 3.02. The van der Waals surface area contributed by atoms with Crippen LogP contribution in [-0.2, 0) is 0 Å². The first kappa shape index (κ1) is 12.7. The number of allylic oxidation sites excluding steroid dienone is 1. The van der Waals surface area contributed by atoms with Crippen LogP contribution < -0.4 is 0 Å². The molecule has 13 heavy (non-hydrogen) atoms. The van der Waals surface area contributed by atoms with Crippen molar-refractivity contribution < 1.29 is 0 Å². The van der Waals surface area contributed by atoms with Crippen LogP contribution in [0, 0.1) is 11.8 Å². The SMILES string of the molecule is C=C(C)C(CC)C(C)CCCCC. The van der Waals surface area contributed by atoms with Gasteiger partial charge in [0.15, 0.2) is 0 Å². The van der Waals surface area contributed by atoms with Gasteiger partial charge >= 0.3 is 0 Å². The molecule has 2 atom stereocenters. The molecule has 0 bridgehead atoms. The second-order valence-corrected chi connectivity index (χ2v) is 4.33. The molecule has 0 fully saturated rings. The molecule has 0 aromatic heterocycles. The minimum atomic E-state index is 0.747. The Morgan fingerprint density at radius 3 is 2.23 bits per heavy atom. The molecule has 0 N–H and O–H groups in total. The second-order valence-electron chi connectivity index (χ2n) is 4.33. The first-order valence-electron chi connectivity index (χ1n) is 5.78. The summed E-state index contributed by atoms with van der Waals surface area (Å²) in [5, 5.41) is 0. The van der Waals surface area contributed by atoms with Gasteiger partial charge in [0.1, 0.15) is 0 Å². The molecular weight excluding hydrogens is 156 g/mol. The van der Waals surface area contributed by atoms with Crippen LogP contribution in [0.25, 0.3) is 0 Å². The predicted molar refractivity (Wildman–Crippen MR) is 61.9 cm³/mol. The highest BCUT2D eigenvalue weighted by molar-refractivity contribution is 4.97. The third kappa shape index (κ3) is 5.13. The van der Waals surface area contributed by atoms with Gasteiger partial charge < -0.3 is 0 Å². The molecule has 0 spiro atoms. The summed E-state index contributed by atoms with van der Waals surface area (Å²) in [4.78, 5) is 0. The van der Waals surface area contributed by atoms with Crippen LogP contribution in [-0.4, -0.2) is 0 Å². The van der Waals surface area contributed by atoms with Crippen molar-refractivity contribution in [3.8, 4) is 0 Å². The van der Waals surface area contributed by atoms with E-state index in [-0.39, 0.29) is 0 Å². The van der Waals surface area contributed by atoms with E-state index in [1.165, 1.54) is 37.7 Å². The van der Waals surface area contributed by atoms with E-state index < -0.39 is 0 Å². The molecule has 0 aromatic carbocycles. The Kier molecular flexibility index (Phi) is 7.03. The van der Waals surface area contributed by atoms with E-state index in [1.54, 1.807) is 0 Å². The van der Waals surface area contributed by atoms with Gasteiger partial charge in [-0.1, -0.05) is 58.6 Å². The smallest absolute Gasteiger partial charge is 0.0186 e. The molecule has 0 aromatic rings. The number of hydrogen-bond acceptors (Lipinski definition) is 0. The van der Waals surface area contributed by atoms with E-state index in [4.69, 9.17) is 0 Å². The first-order chi connectivity index (χ1) is 6.13. The highest BCUT2D eigenvalue weighted by Gasteiger charge is 2.14. The Hall–Kier alpha value is -0.260. The molecule has 0 saturated carbocycles. The van der Waals surface area contributed by atoms with Crippen LogP contribution in [0.3, 0.4) is 0 Å². The van der Waals surface area contributed by atoms with Crippen LogP contribution in [0.5, 0.6) is 0 Å². The van der Waals surface area contributed by atoms with E-state index in [9.17, 15) is 0 Å². The van der Waals surface area contributed by atoms with Gasteiger partial charge in [-0.25, -0.2) is 0 Å². The Morgan fingerprint density at radius 2 is 1.85 bits per heavy atom. The minimum Gasteiger partial charge on any atom is -0.0999 e. The Morgan fingerprint density at radius 1 is 1.23 bits per heavy atom. The van der Waals surface area contributed by atoms with Crippen molar-refractivity contribution in [3.05, 3.63) is 12.2 Å². The van der Waals surface area contributed by atoms with Crippen LogP contribution in [0.1, 0.15) is 59.8 Å². The first-order valence-corrected chi connectivity index (χ1v) is 5.78. The lowest BCUT2D eigenvalue weighted by atomic mass is 9.83. The molecule has 0 nitrogen and oxygen atoms in total. The van der Waals surface area contributed by atoms with E-state index in [0.29, 0.717) is 0 Å². The third-order valence-corrected chi connectivity index (χ3v) is 3.02. The molecular formula is C13H26. The molecule has 0 aliphatic heterocycles. The van der Waals surface area contributed by atoms with Crippen molar-refractivity contribution >= 4 is 0 Å². The average molecular weight is 182 g/mol. The van der Waals surface area contributed by atoms with Crippen LogP contribution >= 0.6 is 0 Å². The van der Waals surface area contributed by atoms with Gasteiger partial charge in [0.2, 0.25) is 0 Å². The van der Waals surface area contributed by atoms with Gasteiger partial charge in [-0.2, -0.15) is 0 Å². The zero-order chi connectivity index (χ0) is 10.3. The van der Waals surface area contributed by atoms with Crippen molar-refractivity contribution in [1.82, 2.24) is 0 Å². The van der Waals surface area contributed by atoms with Gasteiger partial charge in [0.05, 0.1) is 0 Å². The lowest BCUT2D eigenvalue weighted by molar-refractivity contribution is 0.362. The zero-order valence-corrected chi connectivity index (χ0v) is 9.90. The van der Waals surface area contributed by atoms with E-state index in [0.717, 1.165) is 11.8 Å². The fourth-order valence-electron chi connectivity index (χ4n) is 2.15. The van der Waals surface area contributed by atoms with Crippen molar-refractivity contribution in [3.63, 3.8) is 0 Å². The number of unbranched alkanes of at least 4 members (excludes halogenated alkanes) is 2. The molecule has 0 radical (unpaired) electrons. The molecule has 0 heteroatoms. The standard InChI is InChI=1S/C13H26/c1-6-8-9-10-12(5)13(7-2)11(3)4/h12-13H,3,6-10H2,1-2,4-5H3. The maximum atomic E-state index is 4.08. The Bertz CT molecular complexity index is 135. The number of rotatable bonds is 7. The quantitative estimate of drug-likeness (QED) is 0.392. The molecule has 0 aliphatic rings. The van der Waals surface area contributed by atoms with Gasteiger partial charge in [0, 0.05) is 0 Å². The van der Waals surface area contributed by atoms with E-state index >= 15 is 0 Å². The maximum Gasteiger partial charge on any atom is -0.0186 e. The summed E-state index contributed by atoms with van der Waals surface area (Å²) in [6.07, 6.45) is 6.73. The molecule has 2 unspecified atom stereocenters. The van der Waals surface area contributed by atoms with Crippen LogP contribution in [0.2, 0.25) is 0 Å². The van der Waals surface area contributed by atoms with Crippen molar-refractivity contribution in [2.45, 2.75) is 59.8 Å². The fourth-order valence-corrected chi connectivity index (χ4v) is 2.15. The summed E-state index contributed by atoms with van der Waals surface area (Å²) < 4.78 is 0. The molecule has 0 saturated heterocycles. The minimum absolute atomic E-state index is 0.747. The van der Waals surface area contributed by atoms with Crippen LogP contribution in [0.4, 0.5) is 0 Å². The summed E-state index contributed by atoms with van der Waals surface area (Å²) in [5.41, 5.74) is 1.37. The fraction of sp³-hybridized carbons (Fsp3) is 0.846. The van der Waals surface area contributed by atoms with Gasteiger partial charge in [-0.05, 0) is 25.2 Å². The monoisotopic (exact) mass is 182 g/mol. The summed E-state index contributed by atoms with van der Waals surface area (Å²) in [7, 11) is 0. The topological polar surface area (TPSA) is 0 Å². The molecule has 78 valence electrons. The molecule has 0 rings (SSSR count). The van der Waals surface area contributed by atoms with Gasteiger partial charge in [0.25, 0.3) is 0 Å². The molecule has 0 heterocycles. The largest absolute Gasteiger partial charge is 0.0999 e.